The van der Waals surface area contributed by atoms with Crippen LogP contribution in [0.1, 0.15) is 162 Å². The number of hydrogen-bond acceptors (Lipinski definition) is 5. The first-order chi connectivity index (χ1) is 20.9. The monoisotopic (exact) mass is 601 g/mol. The van der Waals surface area contributed by atoms with Crippen LogP contribution >= 0.6 is 0 Å². The van der Waals surface area contributed by atoms with Gasteiger partial charge in [0.25, 0.3) is 0 Å². The molecule has 0 heterocycles. The number of rotatable bonds is 18. The predicted molar refractivity (Wildman–Crippen MR) is 172 cm³/mol. The van der Waals surface area contributed by atoms with E-state index in [-0.39, 0.29) is 48.1 Å². The van der Waals surface area contributed by atoms with Gasteiger partial charge >= 0.3 is 11.9 Å². The zero-order chi connectivity index (χ0) is 30.9. The van der Waals surface area contributed by atoms with Crippen LogP contribution in [0.4, 0.5) is 0 Å². The van der Waals surface area contributed by atoms with Crippen LogP contribution < -0.4 is 0 Å². The van der Waals surface area contributed by atoms with Crippen molar-refractivity contribution in [3.63, 3.8) is 0 Å². The van der Waals surface area contributed by atoms with Gasteiger partial charge in [-0.15, -0.1) is 0 Å². The van der Waals surface area contributed by atoms with E-state index < -0.39 is 0 Å². The molecule has 0 bridgehead atoms. The molecule has 43 heavy (non-hydrogen) atoms. The molecule has 0 radical (unpaired) electrons. The number of carbonyl (C=O) groups is 2. The third kappa shape index (κ3) is 12.7. The second-order valence-corrected chi connectivity index (χ2v) is 14.1. The normalized spacial score (nSPS) is 30.2. The summed E-state index contributed by atoms with van der Waals surface area (Å²) in [7, 11) is 0. The lowest BCUT2D eigenvalue weighted by Gasteiger charge is -2.37. The Hall–Kier alpha value is -1.61. The summed E-state index contributed by atoms with van der Waals surface area (Å²) in [6.45, 7) is 14.9. The second-order valence-electron chi connectivity index (χ2n) is 14.1. The minimum atomic E-state index is -0.247. The van der Waals surface area contributed by atoms with Crippen molar-refractivity contribution in [3.05, 3.63) is 11.4 Å². The van der Waals surface area contributed by atoms with Gasteiger partial charge in [-0.05, 0) is 95.8 Å². The highest BCUT2D eigenvalue weighted by atomic mass is 16.5. The Morgan fingerprint density at radius 2 is 1.30 bits per heavy atom. The molecule has 3 rings (SSSR count). The minimum absolute atomic E-state index is 0.0144. The van der Waals surface area contributed by atoms with E-state index >= 15 is 0 Å². The summed E-state index contributed by atoms with van der Waals surface area (Å²) < 4.78 is 17.9. The standard InChI is InChI=1S/C37H63NO5/c1-5-7-9-11-12-14-26-41-36(39)31-18-16-29(17-19-31)30-20-23-33(24-21-30)43-37(40)32-22-25-35(34(27-32)38-4)42-28(3)15-13-10-8-6-2/h28-35H,5-27H2,1-3H3. The summed E-state index contributed by atoms with van der Waals surface area (Å²) in [4.78, 5) is 29.5. The summed E-state index contributed by atoms with van der Waals surface area (Å²) >= 11 is 0. The Morgan fingerprint density at radius 1 is 0.721 bits per heavy atom. The number of carbonyl (C=O) groups excluding carboxylic acids is 2. The largest absolute Gasteiger partial charge is 0.465 e. The van der Waals surface area contributed by atoms with Gasteiger partial charge in [0.1, 0.15) is 12.2 Å². The van der Waals surface area contributed by atoms with Crippen molar-refractivity contribution in [2.75, 3.05) is 6.61 Å². The summed E-state index contributed by atoms with van der Waals surface area (Å²) in [5.41, 5.74) is 0. The number of hydrogen-bond donors (Lipinski definition) is 0. The van der Waals surface area contributed by atoms with E-state index in [9.17, 15) is 9.59 Å². The van der Waals surface area contributed by atoms with E-state index in [1.807, 2.05) is 0 Å². The topological polar surface area (TPSA) is 66.2 Å². The van der Waals surface area contributed by atoms with Crippen LogP contribution in [0, 0.1) is 30.2 Å². The van der Waals surface area contributed by atoms with Gasteiger partial charge in [0.15, 0.2) is 0 Å². The van der Waals surface area contributed by atoms with E-state index in [4.69, 9.17) is 20.8 Å². The molecule has 3 fully saturated rings. The third-order valence-corrected chi connectivity index (χ3v) is 10.6. The van der Waals surface area contributed by atoms with Gasteiger partial charge in [-0.1, -0.05) is 71.6 Å². The van der Waals surface area contributed by atoms with Crippen molar-refractivity contribution in [1.82, 2.24) is 0 Å². The Labute approximate surface area is 263 Å². The second kappa shape index (κ2) is 20.4. The van der Waals surface area contributed by atoms with Crippen molar-refractivity contribution >= 4 is 11.9 Å². The van der Waals surface area contributed by atoms with Gasteiger partial charge in [0, 0.05) is 6.42 Å². The first-order valence-corrected chi connectivity index (χ1v) is 18.3. The average Bonchev–Trinajstić information content (AvgIpc) is 3.03. The maximum atomic E-state index is 13.1. The molecule has 4 unspecified atom stereocenters. The average molecular weight is 602 g/mol. The van der Waals surface area contributed by atoms with Crippen molar-refractivity contribution < 1.29 is 23.8 Å². The molecule has 0 spiro atoms. The molecule has 6 heteroatoms. The molecule has 6 nitrogen and oxygen atoms in total. The van der Waals surface area contributed by atoms with Crippen LogP contribution in [0.25, 0.3) is 4.85 Å². The third-order valence-electron chi connectivity index (χ3n) is 10.6. The summed E-state index contributed by atoms with van der Waals surface area (Å²) in [6, 6.07) is -0.247. The van der Waals surface area contributed by atoms with Crippen LogP contribution in [-0.4, -0.2) is 42.9 Å². The molecular formula is C37H63NO5. The van der Waals surface area contributed by atoms with Gasteiger partial charge in [-0.3, -0.25) is 9.59 Å². The molecular weight excluding hydrogens is 538 g/mol. The maximum Gasteiger partial charge on any atom is 0.309 e. The van der Waals surface area contributed by atoms with Crippen molar-refractivity contribution in [1.29, 1.82) is 0 Å². The van der Waals surface area contributed by atoms with Gasteiger partial charge in [-0.25, -0.2) is 6.57 Å². The van der Waals surface area contributed by atoms with Crippen molar-refractivity contribution in [3.8, 4) is 0 Å². The maximum absolute atomic E-state index is 13.1. The number of esters is 2. The van der Waals surface area contributed by atoms with Gasteiger partial charge in [-0.2, -0.15) is 0 Å². The zero-order valence-corrected chi connectivity index (χ0v) is 27.9. The van der Waals surface area contributed by atoms with E-state index in [1.165, 1.54) is 51.4 Å². The SMILES string of the molecule is [C-]#[N+]C1CC(C(=O)OC2CCC(C3CCC(C(=O)OCCCCCCCC)CC3)CC2)CCC1OC(C)CCCCCC. The molecule has 3 saturated carbocycles. The first-order valence-electron chi connectivity index (χ1n) is 18.3. The van der Waals surface area contributed by atoms with Crippen LogP contribution in [0.5, 0.6) is 0 Å². The Bertz CT molecular complexity index is 823. The van der Waals surface area contributed by atoms with Gasteiger partial charge < -0.3 is 19.1 Å². The van der Waals surface area contributed by atoms with E-state index in [0.29, 0.717) is 24.9 Å². The lowest BCUT2D eigenvalue weighted by Crippen LogP contribution is -2.39. The molecule has 0 N–H and O–H groups in total. The quantitative estimate of drug-likeness (QED) is 0.0889. The summed E-state index contributed by atoms with van der Waals surface area (Å²) in [5.74, 6) is 1.21. The highest BCUT2D eigenvalue weighted by Gasteiger charge is 2.41. The van der Waals surface area contributed by atoms with Crippen LogP contribution in [0.3, 0.4) is 0 Å². The number of nitrogens with zero attached hydrogens (tertiary/aromatic N) is 1. The van der Waals surface area contributed by atoms with Crippen molar-refractivity contribution in [2.45, 2.75) is 186 Å². The molecule has 3 aliphatic carbocycles. The van der Waals surface area contributed by atoms with Crippen LogP contribution in [0.15, 0.2) is 0 Å². The fraction of sp³-hybridized carbons (Fsp3) is 0.919. The molecule has 0 aliphatic heterocycles. The Balaban J connectivity index is 1.29. The molecule has 0 aromatic rings. The Kier molecular flexibility index (Phi) is 17.0. The van der Waals surface area contributed by atoms with Gasteiger partial charge in [0.05, 0.1) is 24.5 Å². The lowest BCUT2D eigenvalue weighted by atomic mass is 9.70. The number of unbranched alkanes of at least 4 members (excludes halogenated alkanes) is 8. The van der Waals surface area contributed by atoms with Crippen molar-refractivity contribution in [2.24, 2.45) is 23.7 Å². The fourth-order valence-electron chi connectivity index (χ4n) is 7.79. The fourth-order valence-corrected chi connectivity index (χ4v) is 7.79. The zero-order valence-electron chi connectivity index (χ0n) is 27.9. The smallest absolute Gasteiger partial charge is 0.309 e. The molecule has 4 atom stereocenters. The summed E-state index contributed by atoms with van der Waals surface area (Å²) in [5, 5.41) is 0. The molecule has 0 aromatic heterocycles. The van der Waals surface area contributed by atoms with E-state index in [2.05, 4.69) is 25.6 Å². The van der Waals surface area contributed by atoms with Crippen LogP contribution in [0.2, 0.25) is 0 Å². The minimum Gasteiger partial charge on any atom is -0.465 e. The molecule has 0 aromatic carbocycles. The molecule has 246 valence electrons. The Morgan fingerprint density at radius 3 is 1.95 bits per heavy atom. The summed E-state index contributed by atoms with van der Waals surface area (Å²) in [6.07, 6.45) is 23.7. The predicted octanol–water partition coefficient (Wildman–Crippen LogP) is 9.63. The molecule has 3 aliphatic rings. The van der Waals surface area contributed by atoms with E-state index in [1.54, 1.807) is 0 Å². The molecule has 0 saturated heterocycles. The van der Waals surface area contributed by atoms with E-state index in [0.717, 1.165) is 83.5 Å². The molecule has 0 amide bonds. The van der Waals surface area contributed by atoms with Crippen LogP contribution in [-0.2, 0) is 23.8 Å². The highest BCUT2D eigenvalue weighted by molar-refractivity contribution is 5.73. The lowest BCUT2D eigenvalue weighted by molar-refractivity contribution is -0.159. The van der Waals surface area contributed by atoms with Gasteiger partial charge in [0.2, 0.25) is 6.04 Å². The first kappa shape index (κ1) is 35.9. The number of ether oxygens (including phenoxy) is 3. The highest BCUT2D eigenvalue weighted by Crippen LogP contribution is 2.41.